The molecule has 1 aliphatic heterocycles. The van der Waals surface area contributed by atoms with Crippen LogP contribution in [-0.2, 0) is 24.9 Å². The molecule has 1 aliphatic rings. The molecule has 1 aromatic heterocycles. The summed E-state index contributed by atoms with van der Waals surface area (Å²) in [5.74, 6) is 0.886. The van der Waals surface area contributed by atoms with E-state index in [0.29, 0.717) is 6.54 Å². The summed E-state index contributed by atoms with van der Waals surface area (Å²) in [5, 5.41) is 4.13. The normalized spacial score (nSPS) is 14.5. The fraction of sp³-hybridized carbons (Fsp3) is 0.476. The van der Waals surface area contributed by atoms with Crippen LogP contribution in [0.3, 0.4) is 0 Å². The molecule has 0 saturated carbocycles. The van der Waals surface area contributed by atoms with Crippen molar-refractivity contribution in [2.24, 2.45) is 12.0 Å². The first-order chi connectivity index (χ1) is 13.6. The van der Waals surface area contributed by atoms with Gasteiger partial charge in [-0.1, -0.05) is 23.7 Å². The number of rotatable bonds is 6. The highest BCUT2D eigenvalue weighted by atomic mass is 127. The molecular formula is C21H31ClIN5O. The van der Waals surface area contributed by atoms with Gasteiger partial charge in [-0.3, -0.25) is 0 Å². The van der Waals surface area contributed by atoms with Gasteiger partial charge in [0.05, 0.1) is 31.3 Å². The molecule has 29 heavy (non-hydrogen) atoms. The maximum atomic E-state index is 6.10. The quantitative estimate of drug-likeness (QED) is 0.351. The Bertz CT molecular complexity index is 787. The summed E-state index contributed by atoms with van der Waals surface area (Å²) < 4.78 is 7.47. The third kappa shape index (κ3) is 6.79. The van der Waals surface area contributed by atoms with Crippen LogP contribution in [-0.4, -0.2) is 55.3 Å². The average Bonchev–Trinajstić information content (AvgIpc) is 3.03. The van der Waals surface area contributed by atoms with Gasteiger partial charge in [-0.25, -0.2) is 4.99 Å². The van der Waals surface area contributed by atoms with Gasteiger partial charge in [-0.2, -0.15) is 0 Å². The van der Waals surface area contributed by atoms with Gasteiger partial charge < -0.3 is 24.4 Å². The SMILES string of the molecule is CCNC(=NCc1ccc(N2CCOCC2)cc1)N(C)Cc1cc(Cl)cn1C.I. The van der Waals surface area contributed by atoms with E-state index >= 15 is 0 Å². The zero-order valence-electron chi connectivity index (χ0n) is 17.4. The predicted octanol–water partition coefficient (Wildman–Crippen LogP) is 3.73. The summed E-state index contributed by atoms with van der Waals surface area (Å²) in [6.45, 7) is 7.81. The number of hydrogen-bond acceptors (Lipinski definition) is 3. The van der Waals surface area contributed by atoms with Crippen LogP contribution in [0.2, 0.25) is 5.02 Å². The lowest BCUT2D eigenvalue weighted by molar-refractivity contribution is 0.122. The van der Waals surface area contributed by atoms with Crippen molar-refractivity contribution in [1.29, 1.82) is 0 Å². The number of benzene rings is 1. The standard InChI is InChI=1S/C21H30ClN5O.HI/c1-4-23-21(26(3)16-20-13-18(22)15-25(20)2)24-14-17-5-7-19(8-6-17)27-9-11-28-12-10-27;/h5-8,13,15H,4,9-12,14,16H2,1-3H3,(H,23,24);1H. The minimum absolute atomic E-state index is 0. The van der Waals surface area contributed by atoms with E-state index < -0.39 is 0 Å². The number of guanidine groups is 1. The second kappa shape index (κ2) is 11.7. The van der Waals surface area contributed by atoms with E-state index in [1.165, 1.54) is 11.3 Å². The maximum Gasteiger partial charge on any atom is 0.194 e. The Morgan fingerprint density at radius 2 is 1.93 bits per heavy atom. The second-order valence-corrected chi connectivity index (χ2v) is 7.49. The fourth-order valence-corrected chi connectivity index (χ4v) is 3.58. The lowest BCUT2D eigenvalue weighted by Crippen LogP contribution is -2.38. The van der Waals surface area contributed by atoms with E-state index in [-0.39, 0.29) is 24.0 Å². The lowest BCUT2D eigenvalue weighted by Gasteiger charge is -2.28. The Balaban J connectivity index is 0.00000300. The Labute approximate surface area is 195 Å². The smallest absolute Gasteiger partial charge is 0.194 e. The molecule has 0 amide bonds. The lowest BCUT2D eigenvalue weighted by atomic mass is 10.2. The summed E-state index contributed by atoms with van der Waals surface area (Å²) in [6, 6.07) is 10.7. The van der Waals surface area contributed by atoms with Crippen molar-refractivity contribution in [3.63, 3.8) is 0 Å². The van der Waals surface area contributed by atoms with Crippen LogP contribution >= 0.6 is 35.6 Å². The molecule has 0 unspecified atom stereocenters. The number of aliphatic imine (C=N–C) groups is 1. The molecule has 8 heteroatoms. The number of nitrogens with zero attached hydrogens (tertiary/aromatic N) is 4. The molecule has 0 atom stereocenters. The summed E-state index contributed by atoms with van der Waals surface area (Å²) in [7, 11) is 4.05. The van der Waals surface area contributed by atoms with Crippen LogP contribution in [0.15, 0.2) is 41.5 Å². The molecule has 2 heterocycles. The van der Waals surface area contributed by atoms with Gasteiger partial charge in [0.15, 0.2) is 5.96 Å². The van der Waals surface area contributed by atoms with E-state index in [1.807, 2.05) is 30.9 Å². The summed E-state index contributed by atoms with van der Waals surface area (Å²) in [4.78, 5) is 9.30. The largest absolute Gasteiger partial charge is 0.378 e. The number of nitrogens with one attached hydrogen (secondary N) is 1. The van der Waals surface area contributed by atoms with Gasteiger partial charge in [0, 0.05) is 51.3 Å². The third-order valence-electron chi connectivity index (χ3n) is 4.89. The zero-order valence-corrected chi connectivity index (χ0v) is 20.5. The number of halogens is 2. The highest BCUT2D eigenvalue weighted by Crippen LogP contribution is 2.17. The molecule has 0 radical (unpaired) electrons. The van der Waals surface area contributed by atoms with Crippen molar-refractivity contribution >= 4 is 47.2 Å². The Hall–Kier alpha value is -1.45. The molecule has 0 bridgehead atoms. The highest BCUT2D eigenvalue weighted by Gasteiger charge is 2.12. The second-order valence-electron chi connectivity index (χ2n) is 7.05. The van der Waals surface area contributed by atoms with Gasteiger partial charge in [0.25, 0.3) is 0 Å². The molecule has 160 valence electrons. The van der Waals surface area contributed by atoms with Crippen molar-refractivity contribution < 1.29 is 4.74 Å². The van der Waals surface area contributed by atoms with Crippen molar-refractivity contribution in [2.75, 3.05) is 44.8 Å². The van der Waals surface area contributed by atoms with Crippen LogP contribution in [0, 0.1) is 0 Å². The third-order valence-corrected chi connectivity index (χ3v) is 5.10. The van der Waals surface area contributed by atoms with Crippen LogP contribution < -0.4 is 10.2 Å². The van der Waals surface area contributed by atoms with E-state index in [9.17, 15) is 0 Å². The van der Waals surface area contributed by atoms with E-state index in [4.69, 9.17) is 21.3 Å². The molecular weight excluding hydrogens is 501 g/mol. The van der Waals surface area contributed by atoms with E-state index in [1.54, 1.807) is 0 Å². The Morgan fingerprint density at radius 1 is 1.24 bits per heavy atom. The first kappa shape index (κ1) is 23.8. The Morgan fingerprint density at radius 3 is 2.52 bits per heavy atom. The zero-order chi connectivity index (χ0) is 19.9. The van der Waals surface area contributed by atoms with E-state index in [0.717, 1.165) is 56.1 Å². The Kier molecular flexibility index (Phi) is 9.58. The van der Waals surface area contributed by atoms with Gasteiger partial charge in [-0.05, 0) is 30.7 Å². The molecule has 0 spiro atoms. The molecule has 0 aliphatic carbocycles. The van der Waals surface area contributed by atoms with Gasteiger partial charge in [0.2, 0.25) is 0 Å². The fourth-order valence-electron chi connectivity index (χ4n) is 3.31. The molecule has 1 N–H and O–H groups in total. The van der Waals surface area contributed by atoms with Crippen molar-refractivity contribution in [3.05, 3.63) is 52.8 Å². The minimum Gasteiger partial charge on any atom is -0.378 e. The summed E-state index contributed by atoms with van der Waals surface area (Å²) >= 11 is 6.10. The van der Waals surface area contributed by atoms with Crippen LogP contribution in [0.4, 0.5) is 5.69 Å². The average molecular weight is 532 g/mol. The topological polar surface area (TPSA) is 45.0 Å². The van der Waals surface area contributed by atoms with Crippen LogP contribution in [0.5, 0.6) is 0 Å². The van der Waals surface area contributed by atoms with Gasteiger partial charge in [-0.15, -0.1) is 24.0 Å². The molecule has 1 saturated heterocycles. The van der Waals surface area contributed by atoms with E-state index in [2.05, 4.69) is 46.3 Å². The molecule has 1 fully saturated rings. The highest BCUT2D eigenvalue weighted by molar-refractivity contribution is 14.0. The first-order valence-corrected chi connectivity index (χ1v) is 10.2. The van der Waals surface area contributed by atoms with Crippen molar-refractivity contribution in [1.82, 2.24) is 14.8 Å². The van der Waals surface area contributed by atoms with Crippen LogP contribution in [0.25, 0.3) is 0 Å². The summed E-state index contributed by atoms with van der Waals surface area (Å²) in [6.07, 6.45) is 1.92. The molecule has 6 nitrogen and oxygen atoms in total. The maximum absolute atomic E-state index is 6.10. The number of morpholine rings is 1. The van der Waals surface area contributed by atoms with Crippen molar-refractivity contribution in [2.45, 2.75) is 20.0 Å². The minimum atomic E-state index is 0. The van der Waals surface area contributed by atoms with Gasteiger partial charge in [0.1, 0.15) is 0 Å². The number of anilines is 1. The number of hydrogen-bond donors (Lipinski definition) is 1. The number of aromatic nitrogens is 1. The molecule has 2 aromatic rings. The first-order valence-electron chi connectivity index (χ1n) is 9.78. The molecule has 3 rings (SSSR count). The monoisotopic (exact) mass is 531 g/mol. The number of ether oxygens (including phenoxy) is 1. The van der Waals surface area contributed by atoms with Crippen molar-refractivity contribution in [3.8, 4) is 0 Å². The predicted molar refractivity (Wildman–Crippen MR) is 132 cm³/mol. The van der Waals surface area contributed by atoms with Gasteiger partial charge >= 0.3 is 0 Å². The van der Waals surface area contributed by atoms with Crippen LogP contribution in [0.1, 0.15) is 18.2 Å². The molecule has 1 aromatic carbocycles. The summed E-state index contributed by atoms with van der Waals surface area (Å²) in [5.41, 5.74) is 3.59. The number of aryl methyl sites for hydroxylation is 1.